The number of allylic oxidation sites excluding steroid dienone is 2. The molecule has 26 heavy (non-hydrogen) atoms. The van der Waals surface area contributed by atoms with Crippen LogP contribution in [-0.2, 0) is 16.6 Å². The Kier molecular flexibility index (Phi) is 2.95. The van der Waals surface area contributed by atoms with Crippen LogP contribution in [0.25, 0.3) is 0 Å². The fourth-order valence-electron chi connectivity index (χ4n) is 5.85. The first-order valence-corrected chi connectivity index (χ1v) is 9.83. The smallest absolute Gasteiger partial charge is 0.169 e. The number of hydrogen-bond acceptors (Lipinski definition) is 4. The van der Waals surface area contributed by atoms with E-state index in [1.807, 2.05) is 0 Å². The summed E-state index contributed by atoms with van der Waals surface area (Å²) in [4.78, 5) is 2.74. The summed E-state index contributed by atoms with van der Waals surface area (Å²) in [5.41, 5.74) is 4.28. The van der Waals surface area contributed by atoms with Gasteiger partial charge in [-0.05, 0) is 54.9 Å². The molecule has 0 N–H and O–H groups in total. The molecular formula is C22H25NO3. The first kappa shape index (κ1) is 15.2. The summed E-state index contributed by atoms with van der Waals surface area (Å²) in [6, 6.07) is 4.84. The van der Waals surface area contributed by atoms with Crippen LogP contribution in [0.3, 0.4) is 0 Å². The molecule has 6 rings (SSSR count). The number of hydrogen-bond donors (Lipinski definition) is 0. The topological polar surface area (TPSA) is 30.9 Å². The Hall–Kier alpha value is -1.94. The normalized spacial score (nSPS) is 33.8. The van der Waals surface area contributed by atoms with Crippen molar-refractivity contribution in [3.8, 4) is 11.5 Å². The zero-order chi connectivity index (χ0) is 17.5. The van der Waals surface area contributed by atoms with Gasteiger partial charge in [-0.25, -0.2) is 0 Å². The minimum Gasteiger partial charge on any atom is -0.497 e. The predicted octanol–water partition coefficient (Wildman–Crippen LogP) is 3.20. The molecule has 2 fully saturated rings. The second-order valence-corrected chi connectivity index (χ2v) is 8.40. The lowest BCUT2D eigenvalue weighted by atomic mass is 9.57. The van der Waals surface area contributed by atoms with Gasteiger partial charge in [0.25, 0.3) is 0 Å². The fourth-order valence-corrected chi connectivity index (χ4v) is 5.85. The second kappa shape index (κ2) is 5.07. The van der Waals surface area contributed by atoms with Crippen LogP contribution in [0.4, 0.5) is 0 Å². The first-order chi connectivity index (χ1) is 12.8. The number of nitrogens with zero attached hydrogens (tertiary/aromatic N) is 1. The summed E-state index contributed by atoms with van der Waals surface area (Å²) in [6.07, 6.45) is 9.41. The molecule has 0 radical (unpaired) electrons. The SMILES string of the molecule is COC1=CC=C2C3Cc4ccc(OC)c5c4C2(CCN3CC2CC2)[C@H]1O5. The van der Waals surface area contributed by atoms with Gasteiger partial charge in [-0.1, -0.05) is 12.1 Å². The van der Waals surface area contributed by atoms with Crippen molar-refractivity contribution in [1.29, 1.82) is 0 Å². The maximum atomic E-state index is 6.56. The van der Waals surface area contributed by atoms with Gasteiger partial charge in [-0.2, -0.15) is 0 Å². The third-order valence-corrected chi connectivity index (χ3v) is 7.19. The molecule has 4 heteroatoms. The molecule has 0 aromatic heterocycles. The molecule has 1 saturated heterocycles. The summed E-state index contributed by atoms with van der Waals surface area (Å²) in [5.74, 6) is 3.65. The molecule has 1 spiro atoms. The van der Waals surface area contributed by atoms with E-state index in [1.54, 1.807) is 14.2 Å². The van der Waals surface area contributed by atoms with Gasteiger partial charge in [0.15, 0.2) is 17.6 Å². The second-order valence-electron chi connectivity index (χ2n) is 8.40. The van der Waals surface area contributed by atoms with Crippen LogP contribution in [0.5, 0.6) is 11.5 Å². The average molecular weight is 351 g/mol. The molecule has 5 aliphatic rings. The third kappa shape index (κ3) is 1.74. The zero-order valence-electron chi connectivity index (χ0n) is 15.5. The lowest BCUT2D eigenvalue weighted by Crippen LogP contribution is -2.59. The molecular weight excluding hydrogens is 326 g/mol. The van der Waals surface area contributed by atoms with Gasteiger partial charge in [-0.3, -0.25) is 4.90 Å². The van der Waals surface area contributed by atoms with Crippen LogP contribution in [0.2, 0.25) is 0 Å². The number of benzene rings is 1. The monoisotopic (exact) mass is 351 g/mol. The largest absolute Gasteiger partial charge is 0.497 e. The van der Waals surface area contributed by atoms with Crippen molar-refractivity contribution in [2.24, 2.45) is 5.92 Å². The number of methoxy groups -OCH3 is 2. The lowest BCUT2D eigenvalue weighted by molar-refractivity contribution is 0.0624. The van der Waals surface area contributed by atoms with E-state index in [-0.39, 0.29) is 11.5 Å². The summed E-state index contributed by atoms with van der Waals surface area (Å²) in [6.45, 7) is 2.40. The van der Waals surface area contributed by atoms with E-state index in [9.17, 15) is 0 Å². The molecule has 2 unspecified atom stereocenters. The summed E-state index contributed by atoms with van der Waals surface area (Å²) in [5, 5.41) is 0. The van der Waals surface area contributed by atoms with Crippen molar-refractivity contribution in [1.82, 2.24) is 4.90 Å². The molecule has 3 aliphatic carbocycles. The van der Waals surface area contributed by atoms with Crippen molar-refractivity contribution >= 4 is 0 Å². The van der Waals surface area contributed by atoms with E-state index in [0.717, 1.165) is 42.6 Å². The van der Waals surface area contributed by atoms with Crippen molar-refractivity contribution < 1.29 is 14.2 Å². The van der Waals surface area contributed by atoms with Gasteiger partial charge >= 0.3 is 0 Å². The molecule has 1 aromatic rings. The Morgan fingerprint density at radius 2 is 2.08 bits per heavy atom. The highest BCUT2D eigenvalue weighted by Gasteiger charge is 2.62. The zero-order valence-corrected chi connectivity index (χ0v) is 15.5. The quantitative estimate of drug-likeness (QED) is 0.834. The molecule has 3 atom stereocenters. The number of piperidine rings is 1. The van der Waals surface area contributed by atoms with Crippen LogP contribution in [0.1, 0.15) is 30.4 Å². The lowest BCUT2D eigenvalue weighted by Gasteiger charge is -2.53. The van der Waals surface area contributed by atoms with Crippen molar-refractivity contribution in [2.75, 3.05) is 27.3 Å². The summed E-state index contributed by atoms with van der Waals surface area (Å²) >= 11 is 0. The van der Waals surface area contributed by atoms with E-state index in [0.29, 0.717) is 6.04 Å². The van der Waals surface area contributed by atoms with Gasteiger partial charge in [0.2, 0.25) is 0 Å². The number of rotatable bonds is 4. The van der Waals surface area contributed by atoms with Crippen molar-refractivity contribution in [2.45, 2.75) is 43.2 Å². The van der Waals surface area contributed by atoms with Gasteiger partial charge in [0.1, 0.15) is 5.76 Å². The van der Waals surface area contributed by atoms with Crippen molar-refractivity contribution in [3.05, 3.63) is 46.7 Å². The van der Waals surface area contributed by atoms with E-state index >= 15 is 0 Å². The highest BCUT2D eigenvalue weighted by Crippen LogP contribution is 2.62. The molecule has 1 saturated carbocycles. The van der Waals surface area contributed by atoms with E-state index in [2.05, 4.69) is 29.2 Å². The van der Waals surface area contributed by atoms with Crippen LogP contribution in [0.15, 0.2) is 35.6 Å². The van der Waals surface area contributed by atoms with Crippen molar-refractivity contribution in [3.63, 3.8) is 0 Å². The van der Waals surface area contributed by atoms with Crippen LogP contribution < -0.4 is 9.47 Å². The average Bonchev–Trinajstić information content (AvgIpc) is 3.41. The Morgan fingerprint density at radius 1 is 1.19 bits per heavy atom. The van der Waals surface area contributed by atoms with Gasteiger partial charge < -0.3 is 14.2 Å². The number of ether oxygens (including phenoxy) is 3. The number of likely N-dealkylation sites (tertiary alicyclic amines) is 1. The van der Waals surface area contributed by atoms with Crippen LogP contribution in [0, 0.1) is 5.92 Å². The van der Waals surface area contributed by atoms with Gasteiger partial charge in [0, 0.05) is 24.7 Å². The van der Waals surface area contributed by atoms with E-state index < -0.39 is 0 Å². The fraction of sp³-hybridized carbons (Fsp3) is 0.545. The maximum Gasteiger partial charge on any atom is 0.169 e. The third-order valence-electron chi connectivity index (χ3n) is 7.19. The Balaban J connectivity index is 1.56. The molecule has 2 bridgehead atoms. The highest BCUT2D eigenvalue weighted by atomic mass is 16.6. The molecule has 2 heterocycles. The molecule has 2 aliphatic heterocycles. The standard InChI is InChI=1S/C22H25NO3/c1-24-17-7-5-14-11-16-15-6-8-18(25-2)21-22(15,19(14)20(17)26-21)9-10-23(16)12-13-3-4-13/h5-8,13,16,21H,3-4,9-12H2,1-2H3/t16?,21-,22?/m0/s1. The van der Waals surface area contributed by atoms with E-state index in [4.69, 9.17) is 14.2 Å². The Bertz CT molecular complexity index is 853. The highest BCUT2D eigenvalue weighted by molar-refractivity contribution is 5.67. The Morgan fingerprint density at radius 3 is 2.85 bits per heavy atom. The molecule has 4 nitrogen and oxygen atoms in total. The first-order valence-electron chi connectivity index (χ1n) is 9.83. The minimum atomic E-state index is -0.0672. The Labute approximate surface area is 154 Å². The van der Waals surface area contributed by atoms with Crippen LogP contribution >= 0.6 is 0 Å². The van der Waals surface area contributed by atoms with E-state index in [1.165, 1.54) is 36.1 Å². The molecule has 0 amide bonds. The minimum absolute atomic E-state index is 0.0524. The van der Waals surface area contributed by atoms with Gasteiger partial charge in [0.05, 0.1) is 19.6 Å². The summed E-state index contributed by atoms with van der Waals surface area (Å²) in [7, 11) is 3.49. The molecule has 136 valence electrons. The summed E-state index contributed by atoms with van der Waals surface area (Å²) < 4.78 is 17.9. The molecule has 1 aromatic carbocycles. The predicted molar refractivity (Wildman–Crippen MR) is 98.7 cm³/mol. The van der Waals surface area contributed by atoms with Crippen LogP contribution in [-0.4, -0.2) is 44.4 Å². The maximum absolute atomic E-state index is 6.56. The van der Waals surface area contributed by atoms with Gasteiger partial charge in [-0.15, -0.1) is 0 Å².